The molecule has 0 aromatic rings. The highest BCUT2D eigenvalue weighted by Crippen LogP contribution is 2.22. The van der Waals surface area contributed by atoms with Gasteiger partial charge in [-0.05, 0) is 32.6 Å². The Morgan fingerprint density at radius 1 is 1.64 bits per heavy atom. The largest absolute Gasteiger partial charge is 0.377 e. The maximum absolute atomic E-state index is 5.54. The topological polar surface area (TPSA) is 47.3 Å². The van der Waals surface area contributed by atoms with Gasteiger partial charge in [0.05, 0.1) is 5.60 Å². The molecule has 84 valence electrons. The standard InChI is InChI=1S/C11H24N2O/c1-5-7-8-9-10(13-12)11(3,6-2)14-4/h5,10,13H,1,6-9,12H2,2-4H3. The molecule has 0 aliphatic rings. The number of hydrogen-bond acceptors (Lipinski definition) is 3. The fourth-order valence-electron chi connectivity index (χ4n) is 1.56. The monoisotopic (exact) mass is 200 g/mol. The molecule has 0 rings (SSSR count). The van der Waals surface area contributed by atoms with Crippen LogP contribution in [0.25, 0.3) is 0 Å². The first kappa shape index (κ1) is 13.6. The van der Waals surface area contributed by atoms with Gasteiger partial charge in [-0.25, -0.2) is 0 Å². The van der Waals surface area contributed by atoms with Gasteiger partial charge in [-0.3, -0.25) is 11.3 Å². The summed E-state index contributed by atoms with van der Waals surface area (Å²) in [5.74, 6) is 5.54. The van der Waals surface area contributed by atoms with Gasteiger partial charge in [-0.15, -0.1) is 6.58 Å². The first-order valence-electron chi connectivity index (χ1n) is 5.26. The average Bonchev–Trinajstić information content (AvgIpc) is 2.23. The van der Waals surface area contributed by atoms with Crippen molar-refractivity contribution in [2.75, 3.05) is 7.11 Å². The van der Waals surface area contributed by atoms with Crippen LogP contribution >= 0.6 is 0 Å². The molecule has 2 unspecified atom stereocenters. The van der Waals surface area contributed by atoms with Crippen molar-refractivity contribution in [1.29, 1.82) is 0 Å². The van der Waals surface area contributed by atoms with Gasteiger partial charge in [-0.1, -0.05) is 13.0 Å². The van der Waals surface area contributed by atoms with Crippen LogP contribution in [0.5, 0.6) is 0 Å². The number of hydrazine groups is 1. The molecule has 2 atom stereocenters. The van der Waals surface area contributed by atoms with E-state index in [0.29, 0.717) is 0 Å². The van der Waals surface area contributed by atoms with E-state index in [-0.39, 0.29) is 11.6 Å². The molecule has 3 heteroatoms. The molecule has 0 radical (unpaired) electrons. The van der Waals surface area contributed by atoms with Crippen LogP contribution in [0.3, 0.4) is 0 Å². The minimum atomic E-state index is -0.171. The number of nitrogens with one attached hydrogen (secondary N) is 1. The second-order valence-corrected chi connectivity index (χ2v) is 3.81. The molecule has 0 aliphatic carbocycles. The summed E-state index contributed by atoms with van der Waals surface area (Å²) in [5.41, 5.74) is 2.67. The molecule has 3 nitrogen and oxygen atoms in total. The van der Waals surface area contributed by atoms with Crippen molar-refractivity contribution < 1.29 is 4.74 Å². The molecule has 0 saturated heterocycles. The molecule has 0 spiro atoms. The average molecular weight is 200 g/mol. The van der Waals surface area contributed by atoms with E-state index >= 15 is 0 Å². The summed E-state index contributed by atoms with van der Waals surface area (Å²) < 4.78 is 5.50. The summed E-state index contributed by atoms with van der Waals surface area (Å²) >= 11 is 0. The SMILES string of the molecule is C=CCCCC(NN)C(C)(CC)OC. The first-order valence-corrected chi connectivity index (χ1v) is 5.26. The lowest BCUT2D eigenvalue weighted by Gasteiger charge is -2.35. The molecule has 0 amide bonds. The van der Waals surface area contributed by atoms with Gasteiger partial charge < -0.3 is 4.74 Å². The lowest BCUT2D eigenvalue weighted by molar-refractivity contribution is -0.0315. The molecule has 0 bridgehead atoms. The summed E-state index contributed by atoms with van der Waals surface area (Å²) in [5, 5.41) is 0. The van der Waals surface area contributed by atoms with Gasteiger partial charge in [0.15, 0.2) is 0 Å². The number of allylic oxidation sites excluding steroid dienone is 1. The van der Waals surface area contributed by atoms with Crippen LogP contribution in [-0.4, -0.2) is 18.8 Å². The Kier molecular flexibility index (Phi) is 6.79. The van der Waals surface area contributed by atoms with E-state index in [0.717, 1.165) is 25.7 Å². The third-order valence-corrected chi connectivity index (χ3v) is 3.01. The second kappa shape index (κ2) is 6.98. The van der Waals surface area contributed by atoms with Crippen molar-refractivity contribution in [3.8, 4) is 0 Å². The van der Waals surface area contributed by atoms with Crippen molar-refractivity contribution in [3.63, 3.8) is 0 Å². The van der Waals surface area contributed by atoms with E-state index in [1.807, 2.05) is 6.08 Å². The molecule has 0 saturated carbocycles. The van der Waals surface area contributed by atoms with Crippen LogP contribution < -0.4 is 11.3 Å². The number of rotatable bonds is 8. The molecule has 0 heterocycles. The van der Waals surface area contributed by atoms with E-state index in [1.54, 1.807) is 7.11 Å². The second-order valence-electron chi connectivity index (χ2n) is 3.81. The Balaban J connectivity index is 4.14. The van der Waals surface area contributed by atoms with E-state index in [1.165, 1.54) is 0 Å². The maximum Gasteiger partial charge on any atom is 0.0813 e. The molecule has 14 heavy (non-hydrogen) atoms. The molecule has 0 aromatic heterocycles. The van der Waals surface area contributed by atoms with E-state index < -0.39 is 0 Å². The third kappa shape index (κ3) is 3.78. The molecular weight excluding hydrogens is 176 g/mol. The van der Waals surface area contributed by atoms with Crippen LogP contribution in [0.4, 0.5) is 0 Å². The molecule has 0 aliphatic heterocycles. The van der Waals surface area contributed by atoms with E-state index in [2.05, 4.69) is 25.9 Å². The van der Waals surface area contributed by atoms with Crippen molar-refractivity contribution >= 4 is 0 Å². The lowest BCUT2D eigenvalue weighted by Crippen LogP contribution is -2.52. The Morgan fingerprint density at radius 3 is 2.64 bits per heavy atom. The van der Waals surface area contributed by atoms with Crippen molar-refractivity contribution in [2.45, 2.75) is 51.2 Å². The zero-order valence-electron chi connectivity index (χ0n) is 9.68. The summed E-state index contributed by atoms with van der Waals surface area (Å²) in [6.07, 6.45) is 6.02. The zero-order chi connectivity index (χ0) is 11.0. The first-order chi connectivity index (χ1) is 6.64. The smallest absolute Gasteiger partial charge is 0.0813 e. The molecule has 0 aromatic carbocycles. The highest BCUT2D eigenvalue weighted by molar-refractivity contribution is 4.87. The van der Waals surface area contributed by atoms with Crippen LogP contribution in [0.2, 0.25) is 0 Å². The highest BCUT2D eigenvalue weighted by Gasteiger charge is 2.30. The number of hydrogen-bond donors (Lipinski definition) is 2. The van der Waals surface area contributed by atoms with Crippen molar-refractivity contribution in [1.82, 2.24) is 5.43 Å². The Bertz CT molecular complexity index is 155. The number of unbranched alkanes of at least 4 members (excludes halogenated alkanes) is 1. The lowest BCUT2D eigenvalue weighted by atomic mass is 9.90. The van der Waals surface area contributed by atoms with E-state index in [4.69, 9.17) is 10.6 Å². The highest BCUT2D eigenvalue weighted by atomic mass is 16.5. The number of ether oxygens (including phenoxy) is 1. The summed E-state index contributed by atoms with van der Waals surface area (Å²) in [6, 6.07) is 0.206. The fourth-order valence-corrected chi connectivity index (χ4v) is 1.56. The predicted molar refractivity (Wildman–Crippen MR) is 60.9 cm³/mol. The van der Waals surface area contributed by atoms with Crippen LogP contribution in [0.15, 0.2) is 12.7 Å². The van der Waals surface area contributed by atoms with Gasteiger partial charge in [0.1, 0.15) is 0 Å². The molecule has 3 N–H and O–H groups in total. The molecular formula is C11H24N2O. The van der Waals surface area contributed by atoms with Gasteiger partial charge >= 0.3 is 0 Å². The third-order valence-electron chi connectivity index (χ3n) is 3.01. The zero-order valence-corrected chi connectivity index (χ0v) is 9.68. The van der Waals surface area contributed by atoms with Crippen molar-refractivity contribution in [3.05, 3.63) is 12.7 Å². The summed E-state index contributed by atoms with van der Waals surface area (Å²) in [7, 11) is 1.74. The number of methoxy groups -OCH3 is 1. The Morgan fingerprint density at radius 2 is 2.29 bits per heavy atom. The Hall–Kier alpha value is -0.380. The quantitative estimate of drug-likeness (QED) is 0.273. The number of nitrogens with two attached hydrogens (primary N) is 1. The van der Waals surface area contributed by atoms with Gasteiger partial charge in [0.25, 0.3) is 0 Å². The molecule has 0 fully saturated rings. The Labute approximate surface area is 87.7 Å². The van der Waals surface area contributed by atoms with Crippen molar-refractivity contribution in [2.24, 2.45) is 5.84 Å². The predicted octanol–water partition coefficient (Wildman–Crippen LogP) is 1.99. The normalized spacial score (nSPS) is 17.4. The van der Waals surface area contributed by atoms with Crippen LogP contribution in [0, 0.1) is 0 Å². The van der Waals surface area contributed by atoms with Crippen LogP contribution in [0.1, 0.15) is 39.5 Å². The minimum absolute atomic E-state index is 0.171. The minimum Gasteiger partial charge on any atom is -0.377 e. The fraction of sp³-hybridized carbons (Fsp3) is 0.818. The maximum atomic E-state index is 5.54. The van der Waals surface area contributed by atoms with Gasteiger partial charge in [0.2, 0.25) is 0 Å². The van der Waals surface area contributed by atoms with Gasteiger partial charge in [-0.2, -0.15) is 0 Å². The van der Waals surface area contributed by atoms with Gasteiger partial charge in [0, 0.05) is 13.2 Å². The van der Waals surface area contributed by atoms with E-state index in [9.17, 15) is 0 Å². The summed E-state index contributed by atoms with van der Waals surface area (Å²) in [6.45, 7) is 7.90. The van der Waals surface area contributed by atoms with Crippen LogP contribution in [-0.2, 0) is 4.74 Å². The summed E-state index contributed by atoms with van der Waals surface area (Å²) in [4.78, 5) is 0.